The van der Waals surface area contributed by atoms with Crippen LogP contribution in [-0.2, 0) is 6.54 Å². The van der Waals surface area contributed by atoms with Crippen LogP contribution < -0.4 is 10.1 Å². The van der Waals surface area contributed by atoms with E-state index in [9.17, 15) is 8.78 Å². The van der Waals surface area contributed by atoms with Crippen molar-refractivity contribution in [3.63, 3.8) is 0 Å². The summed E-state index contributed by atoms with van der Waals surface area (Å²) in [5.41, 5.74) is 0.534. The summed E-state index contributed by atoms with van der Waals surface area (Å²) in [6.07, 6.45) is 1.04. The molecule has 106 valence electrons. The van der Waals surface area contributed by atoms with Crippen molar-refractivity contribution in [1.29, 1.82) is 0 Å². The van der Waals surface area contributed by atoms with Crippen molar-refractivity contribution in [1.82, 2.24) is 10.3 Å². The van der Waals surface area contributed by atoms with Gasteiger partial charge in [0.15, 0.2) is 11.6 Å². The van der Waals surface area contributed by atoms with E-state index in [1.165, 1.54) is 18.2 Å². The molecule has 20 heavy (non-hydrogen) atoms. The summed E-state index contributed by atoms with van der Waals surface area (Å²) < 4.78 is 33.0. The maximum Gasteiger partial charge on any atom is 0.224 e. The van der Waals surface area contributed by atoms with Gasteiger partial charge in [0.2, 0.25) is 5.88 Å². The molecule has 6 heteroatoms. The van der Waals surface area contributed by atoms with Crippen molar-refractivity contribution < 1.29 is 13.5 Å². The van der Waals surface area contributed by atoms with E-state index in [2.05, 4.69) is 26.2 Å². The lowest BCUT2D eigenvalue weighted by atomic mass is 10.2. The Morgan fingerprint density at radius 1 is 1.30 bits per heavy atom. The number of pyridine rings is 1. The maximum absolute atomic E-state index is 13.7. The van der Waals surface area contributed by atoms with Gasteiger partial charge in [-0.25, -0.2) is 13.8 Å². The zero-order chi connectivity index (χ0) is 14.5. The minimum Gasteiger partial charge on any atom is -0.436 e. The quantitative estimate of drug-likeness (QED) is 0.890. The molecule has 0 bridgehead atoms. The summed E-state index contributed by atoms with van der Waals surface area (Å²) in [7, 11) is 0. The molecular weight excluding hydrogens is 330 g/mol. The van der Waals surface area contributed by atoms with Crippen molar-refractivity contribution >= 4 is 15.9 Å². The van der Waals surface area contributed by atoms with Gasteiger partial charge in [-0.15, -0.1) is 0 Å². The lowest BCUT2D eigenvalue weighted by molar-refractivity contribution is 0.417. The molecule has 0 aliphatic carbocycles. The van der Waals surface area contributed by atoms with Gasteiger partial charge in [-0.3, -0.25) is 0 Å². The number of halogens is 3. The van der Waals surface area contributed by atoms with Gasteiger partial charge in [0.1, 0.15) is 5.82 Å². The van der Waals surface area contributed by atoms with Crippen molar-refractivity contribution in [3.8, 4) is 11.6 Å². The predicted octanol–water partition coefficient (Wildman–Crippen LogP) is 4.02. The zero-order valence-corrected chi connectivity index (χ0v) is 12.4. The molecule has 0 fully saturated rings. The second-order valence-electron chi connectivity index (χ2n) is 4.07. The average Bonchev–Trinajstić information content (AvgIpc) is 2.43. The lowest BCUT2D eigenvalue weighted by Crippen LogP contribution is -2.13. The number of ether oxygens (including phenoxy) is 1. The Kier molecular flexibility index (Phi) is 5.03. The first-order chi connectivity index (χ1) is 9.60. The highest BCUT2D eigenvalue weighted by Crippen LogP contribution is 2.28. The molecule has 0 saturated heterocycles. The molecule has 1 heterocycles. The third-order valence-electron chi connectivity index (χ3n) is 2.56. The van der Waals surface area contributed by atoms with Crippen molar-refractivity contribution in [3.05, 3.63) is 52.1 Å². The molecule has 1 N–H and O–H groups in total. The van der Waals surface area contributed by atoms with E-state index >= 15 is 0 Å². The highest BCUT2D eigenvalue weighted by molar-refractivity contribution is 9.10. The number of benzene rings is 1. The smallest absolute Gasteiger partial charge is 0.224 e. The second kappa shape index (κ2) is 6.76. The Hall–Kier alpha value is -1.53. The topological polar surface area (TPSA) is 34.2 Å². The van der Waals surface area contributed by atoms with Crippen LogP contribution in [0.5, 0.6) is 11.6 Å². The van der Waals surface area contributed by atoms with E-state index in [0.29, 0.717) is 16.6 Å². The van der Waals surface area contributed by atoms with E-state index < -0.39 is 11.6 Å². The molecule has 0 aliphatic heterocycles. The Balaban J connectivity index is 2.30. The van der Waals surface area contributed by atoms with Gasteiger partial charge in [0.05, 0.1) is 6.20 Å². The van der Waals surface area contributed by atoms with Crippen LogP contribution in [0.3, 0.4) is 0 Å². The fraction of sp³-hybridized carbons (Fsp3) is 0.214. The first-order valence-electron chi connectivity index (χ1n) is 6.08. The van der Waals surface area contributed by atoms with Gasteiger partial charge >= 0.3 is 0 Å². The molecule has 0 saturated carbocycles. The monoisotopic (exact) mass is 342 g/mol. The summed E-state index contributed by atoms with van der Waals surface area (Å²) in [5, 5.41) is 3.05. The van der Waals surface area contributed by atoms with E-state index in [4.69, 9.17) is 4.74 Å². The number of hydrogen-bond donors (Lipinski definition) is 1. The van der Waals surface area contributed by atoms with Crippen LogP contribution in [0.4, 0.5) is 8.78 Å². The molecule has 1 aromatic carbocycles. The van der Waals surface area contributed by atoms with Crippen molar-refractivity contribution in [2.45, 2.75) is 13.5 Å². The van der Waals surface area contributed by atoms with Crippen LogP contribution >= 0.6 is 15.9 Å². The maximum atomic E-state index is 13.7. The zero-order valence-electron chi connectivity index (χ0n) is 10.8. The molecule has 0 atom stereocenters. The van der Waals surface area contributed by atoms with E-state index in [1.807, 2.05) is 6.92 Å². The molecule has 2 aromatic rings. The molecule has 3 nitrogen and oxygen atoms in total. The highest BCUT2D eigenvalue weighted by Gasteiger charge is 2.11. The molecule has 2 rings (SSSR count). The first kappa shape index (κ1) is 14.9. The number of rotatable bonds is 5. The molecule has 0 radical (unpaired) electrons. The number of nitrogens with one attached hydrogen (secondary N) is 1. The summed E-state index contributed by atoms with van der Waals surface area (Å²) in [6.45, 7) is 3.05. The molecule has 0 aliphatic rings. The molecule has 1 aromatic heterocycles. The van der Waals surface area contributed by atoms with E-state index in [-0.39, 0.29) is 11.6 Å². The van der Waals surface area contributed by atoms with Crippen LogP contribution in [0, 0.1) is 11.6 Å². The van der Waals surface area contributed by atoms with Crippen LogP contribution in [0.2, 0.25) is 0 Å². The van der Waals surface area contributed by atoms with Gasteiger partial charge in [-0.05, 0) is 30.8 Å². The summed E-state index contributed by atoms with van der Waals surface area (Å²) >= 11 is 3.24. The molecular formula is C14H13BrF2N2O. The summed E-state index contributed by atoms with van der Waals surface area (Å²) in [4.78, 5) is 3.88. The lowest BCUT2D eigenvalue weighted by Gasteiger charge is -2.11. The second-order valence-corrected chi connectivity index (χ2v) is 4.99. The minimum atomic E-state index is -0.506. The van der Waals surface area contributed by atoms with Crippen molar-refractivity contribution in [2.24, 2.45) is 0 Å². The Bertz CT molecular complexity index is 608. The van der Waals surface area contributed by atoms with Crippen LogP contribution in [0.1, 0.15) is 12.5 Å². The average molecular weight is 343 g/mol. The van der Waals surface area contributed by atoms with Crippen molar-refractivity contribution in [2.75, 3.05) is 6.54 Å². The van der Waals surface area contributed by atoms with Gasteiger partial charge < -0.3 is 10.1 Å². The fourth-order valence-electron chi connectivity index (χ4n) is 1.61. The highest BCUT2D eigenvalue weighted by atomic mass is 79.9. The van der Waals surface area contributed by atoms with Gasteiger partial charge in [-0.2, -0.15) is 0 Å². The van der Waals surface area contributed by atoms with Crippen LogP contribution in [0.15, 0.2) is 34.9 Å². The van der Waals surface area contributed by atoms with Crippen LogP contribution in [-0.4, -0.2) is 11.5 Å². The largest absolute Gasteiger partial charge is 0.436 e. The third-order valence-corrected chi connectivity index (χ3v) is 3.05. The van der Waals surface area contributed by atoms with Gasteiger partial charge in [-0.1, -0.05) is 22.9 Å². The van der Waals surface area contributed by atoms with E-state index in [1.54, 1.807) is 6.07 Å². The third kappa shape index (κ3) is 3.74. The van der Waals surface area contributed by atoms with E-state index in [0.717, 1.165) is 12.7 Å². The van der Waals surface area contributed by atoms with Crippen LogP contribution in [0.25, 0.3) is 0 Å². The summed E-state index contributed by atoms with van der Waals surface area (Å²) in [6, 6.07) is 5.67. The number of hydrogen-bond acceptors (Lipinski definition) is 3. The summed E-state index contributed by atoms with van der Waals surface area (Å²) in [5.74, 6) is -0.741. The molecule has 0 unspecified atom stereocenters. The molecule has 0 amide bonds. The Labute approximate surface area is 124 Å². The fourth-order valence-corrected chi connectivity index (χ4v) is 1.95. The SMILES string of the molecule is CCNCc1cc(F)cnc1Oc1cc(Br)ccc1F. The molecule has 0 spiro atoms. The van der Waals surface area contributed by atoms with Gasteiger partial charge in [0, 0.05) is 16.6 Å². The first-order valence-corrected chi connectivity index (χ1v) is 6.87. The number of nitrogens with zero attached hydrogens (tertiary/aromatic N) is 1. The predicted molar refractivity (Wildman–Crippen MR) is 75.7 cm³/mol. The minimum absolute atomic E-state index is 0.0382. The Morgan fingerprint density at radius 3 is 2.85 bits per heavy atom. The Morgan fingerprint density at radius 2 is 2.10 bits per heavy atom. The normalized spacial score (nSPS) is 10.6. The standard InChI is InChI=1S/C14H13BrF2N2O/c1-2-18-7-9-5-11(16)8-19-14(9)20-13-6-10(15)3-4-12(13)17/h3-6,8,18H,2,7H2,1H3. The van der Waals surface area contributed by atoms with Gasteiger partial charge in [0.25, 0.3) is 0 Å². The number of aromatic nitrogens is 1.